The number of hydrogen-bond acceptors (Lipinski definition) is 2. The summed E-state index contributed by atoms with van der Waals surface area (Å²) >= 11 is 0. The van der Waals surface area contributed by atoms with Crippen LogP contribution in [0.15, 0.2) is 18.2 Å². The van der Waals surface area contributed by atoms with Crippen molar-refractivity contribution in [2.75, 3.05) is 13.7 Å². The molecule has 1 aliphatic rings. The normalized spacial score (nSPS) is 19.7. The largest absolute Gasteiger partial charge is 0.487 e. The van der Waals surface area contributed by atoms with Gasteiger partial charge in [-0.15, -0.1) is 0 Å². The topological polar surface area (TPSA) is 18.5 Å². The van der Waals surface area contributed by atoms with Gasteiger partial charge in [0, 0.05) is 19.1 Å². The van der Waals surface area contributed by atoms with Crippen LogP contribution in [-0.2, 0) is 11.2 Å². The van der Waals surface area contributed by atoms with Crippen LogP contribution in [0.3, 0.4) is 0 Å². The maximum Gasteiger partial charge on any atom is 0.126 e. The van der Waals surface area contributed by atoms with E-state index in [1.807, 2.05) is 0 Å². The number of rotatable bonds is 2. The van der Waals surface area contributed by atoms with E-state index >= 15 is 0 Å². The lowest BCUT2D eigenvalue weighted by atomic mass is 10.1. The first kappa shape index (κ1) is 8.51. The van der Waals surface area contributed by atoms with Crippen molar-refractivity contribution in [2.24, 2.45) is 0 Å². The van der Waals surface area contributed by atoms with Gasteiger partial charge in [-0.2, -0.15) is 0 Å². The predicted octanol–water partition coefficient (Wildman–Crippen LogP) is 1.78. The Hall–Kier alpha value is -1.09. The van der Waals surface area contributed by atoms with Crippen molar-refractivity contribution in [2.45, 2.75) is 12.5 Å². The molecule has 1 heterocycles. The lowest BCUT2D eigenvalue weighted by Crippen LogP contribution is -2.19. The summed E-state index contributed by atoms with van der Waals surface area (Å²) in [5, 5.41) is 0. The summed E-state index contributed by atoms with van der Waals surface area (Å²) in [6.45, 7) is 0.552. The molecule has 0 spiro atoms. The Morgan fingerprint density at radius 2 is 2.46 bits per heavy atom. The molecule has 0 aliphatic carbocycles. The number of ether oxygens (including phenoxy) is 2. The van der Waals surface area contributed by atoms with Gasteiger partial charge in [0.25, 0.3) is 0 Å². The summed E-state index contributed by atoms with van der Waals surface area (Å²) in [5.41, 5.74) is 0.932. The molecule has 1 unspecified atom stereocenters. The second-order valence-corrected chi connectivity index (χ2v) is 3.15. The van der Waals surface area contributed by atoms with Gasteiger partial charge in [0.2, 0.25) is 0 Å². The van der Waals surface area contributed by atoms with E-state index in [9.17, 15) is 4.39 Å². The SMILES string of the molecule is COCC1Cc2cc(F)ccc2O1. The third kappa shape index (κ3) is 1.65. The second kappa shape index (κ2) is 3.34. The molecule has 1 atom stereocenters. The van der Waals surface area contributed by atoms with Crippen LogP contribution in [-0.4, -0.2) is 19.8 Å². The minimum Gasteiger partial charge on any atom is -0.487 e. The van der Waals surface area contributed by atoms with Crippen molar-refractivity contribution in [1.29, 1.82) is 0 Å². The average molecular weight is 182 g/mol. The predicted molar refractivity (Wildman–Crippen MR) is 46.4 cm³/mol. The molecule has 1 aliphatic heterocycles. The summed E-state index contributed by atoms with van der Waals surface area (Å²) < 4.78 is 23.3. The minimum atomic E-state index is -0.208. The van der Waals surface area contributed by atoms with Gasteiger partial charge in [0.1, 0.15) is 17.7 Å². The first-order valence-electron chi connectivity index (χ1n) is 4.23. The van der Waals surface area contributed by atoms with Crippen LogP contribution >= 0.6 is 0 Å². The zero-order valence-corrected chi connectivity index (χ0v) is 7.42. The van der Waals surface area contributed by atoms with Crippen LogP contribution in [0.1, 0.15) is 5.56 Å². The van der Waals surface area contributed by atoms with Gasteiger partial charge in [0.15, 0.2) is 0 Å². The highest BCUT2D eigenvalue weighted by atomic mass is 19.1. The van der Waals surface area contributed by atoms with Crippen LogP contribution in [0.5, 0.6) is 5.75 Å². The molecule has 2 rings (SSSR count). The average Bonchev–Trinajstić information content (AvgIpc) is 2.46. The monoisotopic (exact) mass is 182 g/mol. The van der Waals surface area contributed by atoms with E-state index in [1.165, 1.54) is 12.1 Å². The third-order valence-electron chi connectivity index (χ3n) is 2.12. The smallest absolute Gasteiger partial charge is 0.126 e. The molecule has 0 saturated carbocycles. The fourth-order valence-electron chi connectivity index (χ4n) is 1.57. The molecule has 1 aromatic rings. The Kier molecular flexibility index (Phi) is 2.19. The van der Waals surface area contributed by atoms with Crippen molar-refractivity contribution in [3.8, 4) is 5.75 Å². The Bertz CT molecular complexity index is 312. The molecular formula is C10H11FO2. The molecule has 70 valence electrons. The van der Waals surface area contributed by atoms with E-state index in [1.54, 1.807) is 13.2 Å². The van der Waals surface area contributed by atoms with Gasteiger partial charge in [-0.05, 0) is 18.2 Å². The van der Waals surface area contributed by atoms with E-state index in [0.29, 0.717) is 6.61 Å². The fraction of sp³-hybridized carbons (Fsp3) is 0.400. The summed E-state index contributed by atoms with van der Waals surface area (Å²) in [4.78, 5) is 0. The maximum absolute atomic E-state index is 12.8. The van der Waals surface area contributed by atoms with Gasteiger partial charge in [0.05, 0.1) is 6.61 Å². The lowest BCUT2D eigenvalue weighted by molar-refractivity contribution is 0.0951. The molecule has 0 saturated heterocycles. The van der Waals surface area contributed by atoms with Crippen LogP contribution in [0.4, 0.5) is 4.39 Å². The maximum atomic E-state index is 12.8. The quantitative estimate of drug-likeness (QED) is 0.694. The number of hydrogen-bond donors (Lipinski definition) is 0. The van der Waals surface area contributed by atoms with Gasteiger partial charge < -0.3 is 9.47 Å². The lowest BCUT2D eigenvalue weighted by Gasteiger charge is -2.07. The van der Waals surface area contributed by atoms with Crippen molar-refractivity contribution in [1.82, 2.24) is 0 Å². The summed E-state index contributed by atoms with van der Waals surface area (Å²) in [5.74, 6) is 0.573. The highest BCUT2D eigenvalue weighted by Crippen LogP contribution is 2.29. The van der Waals surface area contributed by atoms with Crippen molar-refractivity contribution >= 4 is 0 Å². The Labute approximate surface area is 76.3 Å². The Morgan fingerprint density at radius 3 is 3.23 bits per heavy atom. The summed E-state index contributed by atoms with van der Waals surface area (Å²) in [6, 6.07) is 4.60. The molecule has 1 aromatic carbocycles. The van der Waals surface area contributed by atoms with Crippen molar-refractivity contribution < 1.29 is 13.9 Å². The minimum absolute atomic E-state index is 0.0433. The highest BCUT2D eigenvalue weighted by molar-refractivity contribution is 5.37. The zero-order chi connectivity index (χ0) is 9.26. The highest BCUT2D eigenvalue weighted by Gasteiger charge is 2.22. The zero-order valence-electron chi connectivity index (χ0n) is 7.42. The third-order valence-corrected chi connectivity index (χ3v) is 2.12. The van der Waals surface area contributed by atoms with Crippen LogP contribution in [0, 0.1) is 5.82 Å². The summed E-state index contributed by atoms with van der Waals surface area (Å²) in [6.07, 6.45) is 0.780. The molecule has 0 bridgehead atoms. The number of halogens is 1. The number of benzene rings is 1. The molecule has 0 amide bonds. The first-order valence-corrected chi connectivity index (χ1v) is 4.23. The molecular weight excluding hydrogens is 171 g/mol. The molecule has 0 aromatic heterocycles. The molecule has 3 heteroatoms. The van der Waals surface area contributed by atoms with Gasteiger partial charge in [-0.1, -0.05) is 0 Å². The molecule has 0 fully saturated rings. The van der Waals surface area contributed by atoms with E-state index in [4.69, 9.17) is 9.47 Å². The molecule has 2 nitrogen and oxygen atoms in total. The molecule has 13 heavy (non-hydrogen) atoms. The number of methoxy groups -OCH3 is 1. The van der Waals surface area contributed by atoms with E-state index < -0.39 is 0 Å². The van der Waals surface area contributed by atoms with Crippen LogP contribution in [0.25, 0.3) is 0 Å². The van der Waals surface area contributed by atoms with E-state index in [-0.39, 0.29) is 11.9 Å². The summed E-state index contributed by atoms with van der Waals surface area (Å²) in [7, 11) is 1.63. The van der Waals surface area contributed by atoms with Crippen molar-refractivity contribution in [3.63, 3.8) is 0 Å². The Balaban J connectivity index is 2.16. The second-order valence-electron chi connectivity index (χ2n) is 3.15. The Morgan fingerprint density at radius 1 is 1.62 bits per heavy atom. The first-order chi connectivity index (χ1) is 6.29. The van der Waals surface area contributed by atoms with Crippen LogP contribution < -0.4 is 4.74 Å². The van der Waals surface area contributed by atoms with Crippen molar-refractivity contribution in [3.05, 3.63) is 29.6 Å². The van der Waals surface area contributed by atoms with Gasteiger partial charge >= 0.3 is 0 Å². The van der Waals surface area contributed by atoms with E-state index in [2.05, 4.69) is 0 Å². The van der Waals surface area contributed by atoms with E-state index in [0.717, 1.165) is 17.7 Å². The van der Waals surface area contributed by atoms with Gasteiger partial charge in [-0.25, -0.2) is 4.39 Å². The van der Waals surface area contributed by atoms with Gasteiger partial charge in [-0.3, -0.25) is 0 Å². The molecule has 0 radical (unpaired) electrons. The van der Waals surface area contributed by atoms with Crippen LogP contribution in [0.2, 0.25) is 0 Å². The fourth-order valence-corrected chi connectivity index (χ4v) is 1.57. The standard InChI is InChI=1S/C10H11FO2/c1-12-6-9-5-7-4-8(11)2-3-10(7)13-9/h2-4,9H,5-6H2,1H3. The molecule has 0 N–H and O–H groups in total. The number of fused-ring (bicyclic) bond motifs is 1.